The lowest BCUT2D eigenvalue weighted by Crippen LogP contribution is -2.54. The highest BCUT2D eigenvalue weighted by Crippen LogP contribution is 2.42. The second-order valence-electron chi connectivity index (χ2n) is 12.6. The number of hydrogen-bond donors (Lipinski definition) is 3. The van der Waals surface area contributed by atoms with Gasteiger partial charge in [-0.1, -0.05) is 42.8 Å². The second-order valence-corrected chi connectivity index (χ2v) is 12.6. The molecule has 1 aliphatic carbocycles. The second kappa shape index (κ2) is 13.4. The highest BCUT2D eigenvalue weighted by atomic mass is 16.6. The number of alkyl carbamates (subject to hydrolysis) is 1. The molecule has 3 amide bonds. The average Bonchev–Trinajstić information content (AvgIpc) is 3.68. The van der Waals surface area contributed by atoms with Crippen LogP contribution < -0.4 is 15.4 Å². The number of carbonyl (C=O) groups is 3. The van der Waals surface area contributed by atoms with Crippen molar-refractivity contribution in [3.8, 4) is 11.5 Å². The van der Waals surface area contributed by atoms with Gasteiger partial charge in [-0.15, -0.1) is 0 Å². The van der Waals surface area contributed by atoms with E-state index < -0.39 is 29.7 Å². The van der Waals surface area contributed by atoms with Gasteiger partial charge in [0.1, 0.15) is 29.2 Å². The molecule has 9 heteroatoms. The first-order valence-electron chi connectivity index (χ1n) is 14.9. The predicted octanol–water partition coefficient (Wildman–Crippen LogP) is 6.07. The maximum absolute atomic E-state index is 14.7. The Balaban J connectivity index is 1.77. The van der Waals surface area contributed by atoms with Crippen LogP contribution in [0.1, 0.15) is 62.4 Å². The third-order valence-electron chi connectivity index (χ3n) is 7.66. The van der Waals surface area contributed by atoms with Crippen molar-refractivity contribution < 1.29 is 29.0 Å². The summed E-state index contributed by atoms with van der Waals surface area (Å²) in [5, 5.41) is 15.6. The molecule has 1 saturated carbocycles. The summed E-state index contributed by atoms with van der Waals surface area (Å²) < 4.78 is 10.8. The highest BCUT2D eigenvalue weighted by molar-refractivity contribution is 5.99. The van der Waals surface area contributed by atoms with Crippen LogP contribution in [0.5, 0.6) is 11.5 Å². The van der Waals surface area contributed by atoms with Gasteiger partial charge in [0.15, 0.2) is 0 Å². The van der Waals surface area contributed by atoms with Crippen molar-refractivity contribution in [2.24, 2.45) is 5.92 Å². The molecule has 0 radical (unpaired) electrons. The number of methoxy groups -OCH3 is 1. The summed E-state index contributed by atoms with van der Waals surface area (Å²) >= 11 is 0. The molecule has 3 aromatic carbocycles. The van der Waals surface area contributed by atoms with Crippen LogP contribution in [0.2, 0.25) is 0 Å². The SMILES string of the molecule is COc1ccc(NC(=O)C(c2cc(C)ccc2C)N(C(=O)C(Cc2ccc(O)cc2)NC(=O)OC(C)(C)C)C2CC2C)cc1. The van der Waals surface area contributed by atoms with Crippen LogP contribution in [-0.2, 0) is 20.7 Å². The maximum Gasteiger partial charge on any atom is 0.408 e. The van der Waals surface area contributed by atoms with E-state index in [9.17, 15) is 19.5 Å². The minimum Gasteiger partial charge on any atom is -0.508 e. The van der Waals surface area contributed by atoms with E-state index in [1.165, 1.54) is 12.1 Å². The number of rotatable bonds is 10. The van der Waals surface area contributed by atoms with Gasteiger partial charge in [0.25, 0.3) is 5.91 Å². The van der Waals surface area contributed by atoms with Gasteiger partial charge in [-0.3, -0.25) is 9.59 Å². The third kappa shape index (κ3) is 8.30. The Morgan fingerprint density at radius 3 is 2.20 bits per heavy atom. The minimum absolute atomic E-state index is 0.0929. The third-order valence-corrected chi connectivity index (χ3v) is 7.66. The zero-order valence-corrected chi connectivity index (χ0v) is 26.5. The maximum atomic E-state index is 14.7. The largest absolute Gasteiger partial charge is 0.508 e. The first kappa shape index (κ1) is 32.4. The van der Waals surface area contributed by atoms with Crippen molar-refractivity contribution in [3.63, 3.8) is 0 Å². The molecule has 0 aromatic heterocycles. The van der Waals surface area contributed by atoms with Crippen molar-refractivity contribution >= 4 is 23.6 Å². The van der Waals surface area contributed by atoms with Gasteiger partial charge in [-0.25, -0.2) is 4.79 Å². The summed E-state index contributed by atoms with van der Waals surface area (Å²) in [7, 11) is 1.57. The number of hydrogen-bond acceptors (Lipinski definition) is 6. The average molecular weight is 602 g/mol. The zero-order valence-electron chi connectivity index (χ0n) is 26.5. The molecule has 0 saturated heterocycles. The minimum atomic E-state index is -1.04. The van der Waals surface area contributed by atoms with Gasteiger partial charge in [0, 0.05) is 18.2 Å². The van der Waals surface area contributed by atoms with Crippen molar-refractivity contribution in [3.05, 3.63) is 89.0 Å². The molecule has 0 aliphatic heterocycles. The van der Waals surface area contributed by atoms with Crippen LogP contribution in [0, 0.1) is 19.8 Å². The van der Waals surface area contributed by atoms with Crippen LogP contribution in [0.3, 0.4) is 0 Å². The smallest absolute Gasteiger partial charge is 0.408 e. The molecule has 0 heterocycles. The Labute approximate surface area is 259 Å². The number of amides is 3. The molecule has 1 fully saturated rings. The van der Waals surface area contributed by atoms with Crippen LogP contribution in [0.15, 0.2) is 66.7 Å². The molecule has 1 aliphatic rings. The predicted molar refractivity (Wildman–Crippen MR) is 170 cm³/mol. The summed E-state index contributed by atoms with van der Waals surface area (Å²) in [6, 6.07) is 17.1. The quantitative estimate of drug-likeness (QED) is 0.260. The van der Waals surface area contributed by atoms with Crippen LogP contribution in [-0.4, -0.2) is 52.7 Å². The van der Waals surface area contributed by atoms with Gasteiger partial charge in [0.2, 0.25) is 5.91 Å². The van der Waals surface area contributed by atoms with Crippen LogP contribution >= 0.6 is 0 Å². The van der Waals surface area contributed by atoms with Crippen molar-refractivity contribution in [2.75, 3.05) is 12.4 Å². The van der Waals surface area contributed by atoms with E-state index in [1.807, 2.05) is 39.0 Å². The van der Waals surface area contributed by atoms with Crippen LogP contribution in [0.25, 0.3) is 0 Å². The Morgan fingerprint density at radius 1 is 1.00 bits per heavy atom. The summed E-state index contributed by atoms with van der Waals surface area (Å²) in [6.45, 7) is 11.2. The highest BCUT2D eigenvalue weighted by Gasteiger charge is 2.48. The normalized spacial score (nSPS) is 17.2. The summed E-state index contributed by atoms with van der Waals surface area (Å²) in [6.07, 6.45) is 0.126. The monoisotopic (exact) mass is 601 g/mol. The molecule has 0 bridgehead atoms. The number of carbonyl (C=O) groups excluding carboxylic acids is 3. The number of benzene rings is 3. The van der Waals surface area contributed by atoms with E-state index in [0.29, 0.717) is 17.0 Å². The lowest BCUT2D eigenvalue weighted by molar-refractivity contribution is -0.141. The number of ether oxygens (including phenoxy) is 2. The van der Waals surface area contributed by atoms with Crippen molar-refractivity contribution in [2.45, 2.75) is 78.1 Å². The molecule has 4 rings (SSSR count). The van der Waals surface area contributed by atoms with Gasteiger partial charge in [-0.2, -0.15) is 0 Å². The standard InChI is InChI=1S/C35H43N3O6/c1-21-8-9-22(2)28(18-21)31(32(40)36-25-12-16-27(43-7)17-13-25)38(30-19-23(30)3)33(41)29(37-34(42)44-35(4,5)6)20-24-10-14-26(39)15-11-24/h8-18,23,29-31,39H,19-20H2,1-7H3,(H,36,40)(H,37,42). The fourth-order valence-electron chi connectivity index (χ4n) is 5.23. The number of aromatic hydroxyl groups is 1. The Hall–Kier alpha value is -4.53. The molecule has 4 atom stereocenters. The fraction of sp³-hybridized carbons (Fsp3) is 0.400. The van der Waals surface area contributed by atoms with Gasteiger partial charge in [0.05, 0.1) is 7.11 Å². The molecule has 4 unspecified atom stereocenters. The number of anilines is 1. The lowest BCUT2D eigenvalue weighted by Gasteiger charge is -2.36. The number of nitrogens with zero attached hydrogens (tertiary/aromatic N) is 1. The fourth-order valence-corrected chi connectivity index (χ4v) is 5.23. The lowest BCUT2D eigenvalue weighted by atomic mass is 9.95. The summed E-state index contributed by atoms with van der Waals surface area (Å²) in [4.78, 5) is 43.6. The molecule has 3 N–H and O–H groups in total. The van der Waals surface area contributed by atoms with E-state index in [2.05, 4.69) is 10.6 Å². The summed E-state index contributed by atoms with van der Waals surface area (Å²) in [5.74, 6) is 0.153. The number of phenolic OH excluding ortho intramolecular Hbond substituents is 1. The van der Waals surface area contributed by atoms with Crippen molar-refractivity contribution in [1.29, 1.82) is 0 Å². The number of aryl methyl sites for hydroxylation is 2. The van der Waals surface area contributed by atoms with Gasteiger partial charge < -0.3 is 30.1 Å². The topological polar surface area (TPSA) is 117 Å². The molecule has 0 spiro atoms. The molecular formula is C35H43N3O6. The Morgan fingerprint density at radius 2 is 1.64 bits per heavy atom. The first-order valence-corrected chi connectivity index (χ1v) is 14.9. The zero-order chi connectivity index (χ0) is 32.2. The first-order chi connectivity index (χ1) is 20.8. The van der Waals surface area contributed by atoms with Crippen LogP contribution in [0.4, 0.5) is 10.5 Å². The van der Waals surface area contributed by atoms with E-state index in [0.717, 1.165) is 23.1 Å². The molecule has 44 heavy (non-hydrogen) atoms. The molecule has 3 aromatic rings. The molecule has 9 nitrogen and oxygen atoms in total. The number of phenols is 1. The Kier molecular flexibility index (Phi) is 9.87. The van der Waals surface area contributed by atoms with E-state index in [4.69, 9.17) is 9.47 Å². The van der Waals surface area contributed by atoms with Crippen molar-refractivity contribution in [1.82, 2.24) is 10.2 Å². The number of nitrogens with one attached hydrogen (secondary N) is 2. The van der Waals surface area contributed by atoms with Gasteiger partial charge >= 0.3 is 6.09 Å². The summed E-state index contributed by atoms with van der Waals surface area (Å²) in [5.41, 5.74) is 3.05. The van der Waals surface area contributed by atoms with E-state index in [-0.39, 0.29) is 30.0 Å². The van der Waals surface area contributed by atoms with Gasteiger partial charge in [-0.05, 0) is 100 Å². The molecular weight excluding hydrogens is 558 g/mol. The molecule has 234 valence electrons. The van der Waals surface area contributed by atoms with E-state index in [1.54, 1.807) is 69.2 Å². The van der Waals surface area contributed by atoms with E-state index >= 15 is 0 Å². The Bertz CT molecular complexity index is 1480.